The molecule has 1 aliphatic rings. The number of nitrogens with zero attached hydrogens (tertiary/aromatic N) is 1. The first kappa shape index (κ1) is 21.3. The molecule has 4 nitrogen and oxygen atoms in total. The first-order valence-corrected chi connectivity index (χ1v) is 10.4. The highest BCUT2D eigenvalue weighted by molar-refractivity contribution is 6.31. The molecule has 29 heavy (non-hydrogen) atoms. The van der Waals surface area contributed by atoms with Gasteiger partial charge in [0.1, 0.15) is 11.9 Å². The quantitative estimate of drug-likeness (QED) is 0.722. The molecule has 1 saturated carbocycles. The zero-order valence-electron chi connectivity index (χ0n) is 16.5. The van der Waals surface area contributed by atoms with Crippen LogP contribution in [0, 0.1) is 5.82 Å². The third-order valence-corrected chi connectivity index (χ3v) is 5.80. The molecule has 3 rings (SSSR count). The number of benzene rings is 2. The molecule has 1 atom stereocenters. The van der Waals surface area contributed by atoms with Gasteiger partial charge in [-0.05, 0) is 49.1 Å². The van der Waals surface area contributed by atoms with Crippen LogP contribution in [0.25, 0.3) is 0 Å². The molecule has 6 heteroatoms. The lowest BCUT2D eigenvalue weighted by Gasteiger charge is -2.30. The van der Waals surface area contributed by atoms with Crippen molar-refractivity contribution in [2.24, 2.45) is 0 Å². The van der Waals surface area contributed by atoms with E-state index in [2.05, 4.69) is 5.32 Å². The number of halogens is 2. The molecule has 0 radical (unpaired) electrons. The monoisotopic (exact) mass is 416 g/mol. The number of amides is 2. The minimum Gasteiger partial charge on any atom is -0.352 e. The Labute approximate surface area is 176 Å². The van der Waals surface area contributed by atoms with E-state index < -0.39 is 6.04 Å². The predicted molar refractivity (Wildman–Crippen MR) is 112 cm³/mol. The summed E-state index contributed by atoms with van der Waals surface area (Å²) >= 11 is 6.29. The summed E-state index contributed by atoms with van der Waals surface area (Å²) in [6.07, 6.45) is 4.28. The Balaban J connectivity index is 1.77. The highest BCUT2D eigenvalue weighted by Crippen LogP contribution is 2.21. The van der Waals surface area contributed by atoms with E-state index in [0.29, 0.717) is 10.6 Å². The van der Waals surface area contributed by atoms with Gasteiger partial charge in [0, 0.05) is 17.6 Å². The number of rotatable bonds is 7. The van der Waals surface area contributed by atoms with E-state index in [4.69, 9.17) is 11.6 Å². The minimum atomic E-state index is -0.639. The number of hydrogen-bond donors (Lipinski definition) is 1. The van der Waals surface area contributed by atoms with Crippen LogP contribution in [0.1, 0.15) is 43.7 Å². The van der Waals surface area contributed by atoms with Crippen molar-refractivity contribution in [1.29, 1.82) is 0 Å². The summed E-state index contributed by atoms with van der Waals surface area (Å²) in [4.78, 5) is 27.5. The fourth-order valence-corrected chi connectivity index (χ4v) is 3.86. The molecular formula is C23H26ClFN2O2. The summed E-state index contributed by atoms with van der Waals surface area (Å²) in [7, 11) is 0. The van der Waals surface area contributed by atoms with Crippen molar-refractivity contribution in [2.45, 2.75) is 57.7 Å². The SMILES string of the molecule is C[C@H](C(=O)NC1CCCC1)N(Cc1ccccc1Cl)C(=O)Cc1ccc(F)cc1. The lowest BCUT2D eigenvalue weighted by atomic mass is 10.1. The van der Waals surface area contributed by atoms with Gasteiger partial charge in [-0.3, -0.25) is 9.59 Å². The van der Waals surface area contributed by atoms with E-state index in [1.54, 1.807) is 30.0 Å². The largest absolute Gasteiger partial charge is 0.352 e. The van der Waals surface area contributed by atoms with Gasteiger partial charge in [0.2, 0.25) is 11.8 Å². The highest BCUT2D eigenvalue weighted by atomic mass is 35.5. The molecule has 2 aromatic carbocycles. The van der Waals surface area contributed by atoms with Crippen LogP contribution in [0.4, 0.5) is 4.39 Å². The van der Waals surface area contributed by atoms with Crippen molar-refractivity contribution in [2.75, 3.05) is 0 Å². The third-order valence-electron chi connectivity index (χ3n) is 5.44. The molecule has 2 amide bonds. The number of carbonyl (C=O) groups excluding carboxylic acids is 2. The lowest BCUT2D eigenvalue weighted by molar-refractivity contribution is -0.140. The topological polar surface area (TPSA) is 49.4 Å². The van der Waals surface area contributed by atoms with Crippen LogP contribution < -0.4 is 5.32 Å². The molecule has 0 aromatic heterocycles. The lowest BCUT2D eigenvalue weighted by Crippen LogP contribution is -2.50. The van der Waals surface area contributed by atoms with Crippen LogP contribution in [0.15, 0.2) is 48.5 Å². The summed E-state index contributed by atoms with van der Waals surface area (Å²) in [5.74, 6) is -0.708. The molecule has 0 unspecified atom stereocenters. The van der Waals surface area contributed by atoms with Crippen molar-refractivity contribution in [3.05, 3.63) is 70.5 Å². The summed E-state index contributed by atoms with van der Waals surface area (Å²) in [6.45, 7) is 1.97. The summed E-state index contributed by atoms with van der Waals surface area (Å²) in [5, 5.41) is 3.62. The molecule has 1 N–H and O–H groups in total. The number of nitrogens with one attached hydrogen (secondary N) is 1. The van der Waals surface area contributed by atoms with Crippen LogP contribution in [0.2, 0.25) is 5.02 Å². The van der Waals surface area contributed by atoms with Crippen LogP contribution >= 0.6 is 11.6 Å². The van der Waals surface area contributed by atoms with Crippen LogP contribution in [-0.2, 0) is 22.6 Å². The second kappa shape index (κ2) is 9.88. The Kier molecular flexibility index (Phi) is 7.26. The maximum absolute atomic E-state index is 13.2. The molecule has 1 fully saturated rings. The average Bonchev–Trinajstić information content (AvgIpc) is 3.21. The molecule has 2 aromatic rings. The highest BCUT2D eigenvalue weighted by Gasteiger charge is 2.28. The standard InChI is InChI=1S/C23H26ClFN2O2/c1-16(23(29)26-20-7-3-4-8-20)27(15-18-6-2-5-9-21(18)24)22(28)14-17-10-12-19(25)13-11-17/h2,5-6,9-13,16,20H,3-4,7-8,14-15H2,1H3,(H,26,29)/t16-/m1/s1. The zero-order valence-corrected chi connectivity index (χ0v) is 17.3. The van der Waals surface area contributed by atoms with E-state index in [1.807, 2.05) is 18.2 Å². The average molecular weight is 417 g/mol. The van der Waals surface area contributed by atoms with E-state index in [0.717, 1.165) is 31.2 Å². The van der Waals surface area contributed by atoms with Gasteiger partial charge >= 0.3 is 0 Å². The van der Waals surface area contributed by atoms with E-state index >= 15 is 0 Å². The molecule has 1 aliphatic carbocycles. The van der Waals surface area contributed by atoms with Gasteiger partial charge in [-0.1, -0.05) is 54.8 Å². The number of carbonyl (C=O) groups is 2. The first-order chi connectivity index (χ1) is 13.9. The smallest absolute Gasteiger partial charge is 0.242 e. The summed E-state index contributed by atoms with van der Waals surface area (Å²) in [6, 6.07) is 12.7. The molecule has 0 saturated heterocycles. The van der Waals surface area contributed by atoms with Crippen molar-refractivity contribution >= 4 is 23.4 Å². The number of hydrogen-bond acceptors (Lipinski definition) is 2. The normalized spacial score (nSPS) is 15.1. The van der Waals surface area contributed by atoms with Crippen LogP contribution in [0.3, 0.4) is 0 Å². The van der Waals surface area contributed by atoms with Gasteiger partial charge in [0.05, 0.1) is 6.42 Å². The van der Waals surface area contributed by atoms with Gasteiger partial charge in [-0.15, -0.1) is 0 Å². The van der Waals surface area contributed by atoms with Crippen molar-refractivity contribution in [1.82, 2.24) is 10.2 Å². The zero-order chi connectivity index (χ0) is 20.8. The van der Waals surface area contributed by atoms with Gasteiger partial charge in [0.25, 0.3) is 0 Å². The predicted octanol–water partition coefficient (Wildman–Crippen LogP) is 4.50. The van der Waals surface area contributed by atoms with E-state index in [9.17, 15) is 14.0 Å². The Hall–Kier alpha value is -2.40. The molecular weight excluding hydrogens is 391 g/mol. The Morgan fingerprint density at radius 2 is 1.79 bits per heavy atom. The minimum absolute atomic E-state index is 0.0891. The summed E-state index contributed by atoms with van der Waals surface area (Å²) in [5.41, 5.74) is 1.48. The fourth-order valence-electron chi connectivity index (χ4n) is 3.66. The van der Waals surface area contributed by atoms with E-state index in [1.165, 1.54) is 12.1 Å². The van der Waals surface area contributed by atoms with Crippen LogP contribution in [-0.4, -0.2) is 28.8 Å². The van der Waals surface area contributed by atoms with Crippen molar-refractivity contribution in [3.63, 3.8) is 0 Å². The fraction of sp³-hybridized carbons (Fsp3) is 0.391. The molecule has 154 valence electrons. The van der Waals surface area contributed by atoms with Crippen molar-refractivity contribution < 1.29 is 14.0 Å². The van der Waals surface area contributed by atoms with Crippen LogP contribution in [0.5, 0.6) is 0 Å². The molecule has 0 aliphatic heterocycles. The summed E-state index contributed by atoms with van der Waals surface area (Å²) < 4.78 is 13.2. The Morgan fingerprint density at radius 1 is 1.14 bits per heavy atom. The van der Waals surface area contributed by atoms with Crippen molar-refractivity contribution in [3.8, 4) is 0 Å². The van der Waals surface area contributed by atoms with Gasteiger partial charge < -0.3 is 10.2 Å². The second-order valence-electron chi connectivity index (χ2n) is 7.58. The molecule has 0 heterocycles. The third kappa shape index (κ3) is 5.80. The maximum Gasteiger partial charge on any atom is 0.242 e. The van der Waals surface area contributed by atoms with E-state index in [-0.39, 0.29) is 36.6 Å². The van der Waals surface area contributed by atoms with Gasteiger partial charge in [0.15, 0.2) is 0 Å². The second-order valence-corrected chi connectivity index (χ2v) is 7.99. The molecule has 0 bridgehead atoms. The van der Waals surface area contributed by atoms with Gasteiger partial charge in [-0.2, -0.15) is 0 Å². The Bertz CT molecular complexity index is 850. The maximum atomic E-state index is 13.2. The first-order valence-electron chi connectivity index (χ1n) is 10.0. The van der Waals surface area contributed by atoms with Gasteiger partial charge in [-0.25, -0.2) is 4.39 Å². The Morgan fingerprint density at radius 3 is 2.45 bits per heavy atom. The molecule has 0 spiro atoms.